The zero-order valence-electron chi connectivity index (χ0n) is 17.3. The zero-order valence-corrected chi connectivity index (χ0v) is 18.8. The molecule has 1 fully saturated rings. The summed E-state index contributed by atoms with van der Waals surface area (Å²) in [6.45, 7) is 2.21. The largest absolute Gasteiger partial charge is 0.392 e. The lowest BCUT2D eigenvalue weighted by molar-refractivity contribution is -0.133. The lowest BCUT2D eigenvalue weighted by Crippen LogP contribution is -2.48. The number of carbonyl (C=O) groups excluding carboxylic acids is 1. The van der Waals surface area contributed by atoms with E-state index in [0.717, 1.165) is 37.1 Å². The molecule has 30 heavy (non-hydrogen) atoms. The summed E-state index contributed by atoms with van der Waals surface area (Å²) in [6, 6.07) is 11.8. The number of halogens is 2. The number of carbonyl (C=O) groups is 1. The fourth-order valence-corrected chi connectivity index (χ4v) is 5.39. The molecule has 4 rings (SSSR count). The van der Waals surface area contributed by atoms with E-state index < -0.39 is 0 Å². The highest BCUT2D eigenvalue weighted by Gasteiger charge is 2.39. The number of nitrogens with zero attached hydrogens (tertiary/aromatic N) is 2. The maximum Gasteiger partial charge on any atom is 0.227 e. The van der Waals surface area contributed by atoms with Crippen LogP contribution in [0.2, 0.25) is 10.0 Å². The Balaban J connectivity index is 1.65. The second-order valence-electron chi connectivity index (χ2n) is 8.37. The van der Waals surface area contributed by atoms with Gasteiger partial charge < -0.3 is 10.0 Å². The Bertz CT molecular complexity index is 927. The topological polar surface area (TPSA) is 43.8 Å². The fourth-order valence-electron chi connectivity index (χ4n) is 5.07. The summed E-state index contributed by atoms with van der Waals surface area (Å²) in [7, 11) is 1.91. The molecule has 160 valence electrons. The van der Waals surface area contributed by atoms with E-state index in [1.165, 1.54) is 24.0 Å². The van der Waals surface area contributed by atoms with Crippen LogP contribution in [-0.2, 0) is 24.2 Å². The zero-order chi connectivity index (χ0) is 21.3. The van der Waals surface area contributed by atoms with E-state index >= 15 is 0 Å². The summed E-state index contributed by atoms with van der Waals surface area (Å²) < 4.78 is 0. The van der Waals surface area contributed by atoms with Gasteiger partial charge in [0.1, 0.15) is 0 Å². The number of aliphatic hydroxyl groups is 1. The second kappa shape index (κ2) is 9.27. The van der Waals surface area contributed by atoms with E-state index in [1.54, 1.807) is 12.1 Å². The van der Waals surface area contributed by atoms with Gasteiger partial charge in [-0.1, -0.05) is 47.5 Å². The number of likely N-dealkylation sites (tertiary alicyclic amines) is 1. The van der Waals surface area contributed by atoms with Crippen LogP contribution in [0.3, 0.4) is 0 Å². The monoisotopic (exact) mass is 446 g/mol. The maximum absolute atomic E-state index is 13.3. The molecule has 2 aromatic carbocycles. The maximum atomic E-state index is 13.3. The number of likely N-dealkylation sites (N-methyl/N-ethyl adjacent to an activating group) is 1. The highest BCUT2D eigenvalue weighted by molar-refractivity contribution is 6.42. The van der Waals surface area contributed by atoms with Crippen LogP contribution in [0.5, 0.6) is 0 Å². The van der Waals surface area contributed by atoms with Crippen molar-refractivity contribution in [1.82, 2.24) is 9.80 Å². The molecule has 1 amide bonds. The van der Waals surface area contributed by atoms with Crippen molar-refractivity contribution in [3.63, 3.8) is 0 Å². The SMILES string of the molecule is CN(C(=O)Cc1ccc(Cl)c(Cl)c1)[C@H]1c2cccc(CO)c2CC[C@@H]1N1CCCC1. The Labute approximate surface area is 188 Å². The van der Waals surface area contributed by atoms with Crippen molar-refractivity contribution >= 4 is 29.1 Å². The first-order valence-electron chi connectivity index (χ1n) is 10.6. The number of hydrogen-bond acceptors (Lipinski definition) is 3. The predicted molar refractivity (Wildman–Crippen MR) is 121 cm³/mol. The number of rotatable bonds is 5. The van der Waals surface area contributed by atoms with Gasteiger partial charge in [-0.05, 0) is 73.2 Å². The molecule has 4 nitrogen and oxygen atoms in total. The number of aliphatic hydroxyl groups excluding tert-OH is 1. The molecular formula is C24H28Cl2N2O2. The molecule has 1 saturated heterocycles. The molecule has 2 atom stereocenters. The number of fused-ring (bicyclic) bond motifs is 1. The van der Waals surface area contributed by atoms with Gasteiger partial charge >= 0.3 is 0 Å². The number of amides is 1. The molecule has 0 spiro atoms. The summed E-state index contributed by atoms with van der Waals surface area (Å²) in [5.74, 6) is 0.0600. The van der Waals surface area contributed by atoms with Crippen molar-refractivity contribution in [1.29, 1.82) is 0 Å². The Morgan fingerprint density at radius 2 is 1.93 bits per heavy atom. The van der Waals surface area contributed by atoms with Crippen LogP contribution in [0.15, 0.2) is 36.4 Å². The van der Waals surface area contributed by atoms with Gasteiger partial charge in [-0.15, -0.1) is 0 Å². The van der Waals surface area contributed by atoms with Gasteiger partial charge in [-0.2, -0.15) is 0 Å². The summed E-state index contributed by atoms with van der Waals surface area (Å²) in [4.78, 5) is 17.8. The average Bonchev–Trinajstić information content (AvgIpc) is 3.29. The van der Waals surface area contributed by atoms with Crippen molar-refractivity contribution in [2.24, 2.45) is 0 Å². The molecule has 0 unspecified atom stereocenters. The fraction of sp³-hybridized carbons (Fsp3) is 0.458. The average molecular weight is 447 g/mol. The van der Waals surface area contributed by atoms with E-state index in [4.69, 9.17) is 23.2 Å². The lowest BCUT2D eigenvalue weighted by Gasteiger charge is -2.44. The summed E-state index contributed by atoms with van der Waals surface area (Å²) in [5.41, 5.74) is 4.21. The molecule has 1 aliphatic carbocycles. The van der Waals surface area contributed by atoms with Gasteiger partial charge in [0.15, 0.2) is 0 Å². The summed E-state index contributed by atoms with van der Waals surface area (Å²) >= 11 is 12.2. The van der Waals surface area contributed by atoms with E-state index in [-0.39, 0.29) is 25.0 Å². The van der Waals surface area contributed by atoms with Gasteiger partial charge in [-0.25, -0.2) is 0 Å². The summed E-state index contributed by atoms with van der Waals surface area (Å²) in [5, 5.41) is 10.8. The van der Waals surface area contributed by atoms with Crippen LogP contribution in [0, 0.1) is 0 Å². The molecule has 1 heterocycles. The molecule has 0 bridgehead atoms. The first-order chi connectivity index (χ1) is 14.5. The first-order valence-corrected chi connectivity index (χ1v) is 11.4. The minimum absolute atomic E-state index is 0.0198. The van der Waals surface area contributed by atoms with Crippen LogP contribution in [-0.4, -0.2) is 47.0 Å². The van der Waals surface area contributed by atoms with Crippen LogP contribution < -0.4 is 0 Å². The molecule has 0 radical (unpaired) electrons. The van der Waals surface area contributed by atoms with Crippen molar-refractivity contribution < 1.29 is 9.90 Å². The van der Waals surface area contributed by atoms with Crippen LogP contribution in [0.1, 0.15) is 47.6 Å². The summed E-state index contributed by atoms with van der Waals surface area (Å²) in [6.07, 6.45) is 4.66. The highest BCUT2D eigenvalue weighted by atomic mass is 35.5. The van der Waals surface area contributed by atoms with Crippen molar-refractivity contribution in [2.75, 3.05) is 20.1 Å². The number of hydrogen-bond donors (Lipinski definition) is 1. The third-order valence-electron chi connectivity index (χ3n) is 6.61. The Morgan fingerprint density at radius 3 is 2.63 bits per heavy atom. The van der Waals surface area contributed by atoms with E-state index in [9.17, 15) is 9.90 Å². The van der Waals surface area contributed by atoms with Gasteiger partial charge in [0.2, 0.25) is 5.91 Å². The minimum Gasteiger partial charge on any atom is -0.392 e. The standard InChI is InChI=1S/C24H28Cl2N2O2/c1-27(23(30)14-16-7-9-20(25)21(26)13-16)24-19-6-4-5-17(15-29)18(19)8-10-22(24)28-11-2-3-12-28/h4-7,9,13,22,24,29H,2-3,8,10-12,14-15H2,1H3/t22-,24-/m0/s1. The van der Waals surface area contributed by atoms with Crippen molar-refractivity contribution in [3.05, 3.63) is 68.7 Å². The molecule has 1 N–H and O–H groups in total. The Morgan fingerprint density at radius 1 is 1.17 bits per heavy atom. The van der Waals surface area contributed by atoms with Gasteiger partial charge in [0, 0.05) is 13.1 Å². The Hall–Kier alpha value is -1.59. The van der Waals surface area contributed by atoms with Crippen molar-refractivity contribution in [3.8, 4) is 0 Å². The van der Waals surface area contributed by atoms with Gasteiger partial charge in [-0.3, -0.25) is 9.69 Å². The van der Waals surface area contributed by atoms with Gasteiger partial charge in [0.25, 0.3) is 0 Å². The lowest BCUT2D eigenvalue weighted by atomic mass is 9.80. The van der Waals surface area contributed by atoms with Crippen molar-refractivity contribution in [2.45, 2.75) is 50.8 Å². The molecular weight excluding hydrogens is 419 g/mol. The minimum atomic E-state index is -0.0198. The smallest absolute Gasteiger partial charge is 0.227 e. The molecule has 6 heteroatoms. The molecule has 0 aromatic heterocycles. The number of benzene rings is 2. The highest BCUT2D eigenvalue weighted by Crippen LogP contribution is 2.39. The quantitative estimate of drug-likeness (QED) is 0.727. The predicted octanol–water partition coefficient (Wildman–Crippen LogP) is 4.64. The molecule has 2 aliphatic rings. The van der Waals surface area contributed by atoms with E-state index in [1.807, 2.05) is 30.1 Å². The van der Waals surface area contributed by atoms with Crippen LogP contribution >= 0.6 is 23.2 Å². The van der Waals surface area contributed by atoms with Crippen LogP contribution in [0.25, 0.3) is 0 Å². The third kappa shape index (κ3) is 4.24. The first kappa shape index (κ1) is 21.6. The van der Waals surface area contributed by atoms with E-state index in [0.29, 0.717) is 16.1 Å². The second-order valence-corrected chi connectivity index (χ2v) is 9.18. The van der Waals surface area contributed by atoms with E-state index in [2.05, 4.69) is 11.0 Å². The molecule has 0 saturated carbocycles. The molecule has 2 aromatic rings. The molecule has 1 aliphatic heterocycles. The van der Waals surface area contributed by atoms with Gasteiger partial charge in [0.05, 0.1) is 29.1 Å². The Kier molecular flexibility index (Phi) is 6.69. The third-order valence-corrected chi connectivity index (χ3v) is 7.35. The van der Waals surface area contributed by atoms with Crippen LogP contribution in [0.4, 0.5) is 0 Å². The normalized spacial score (nSPS) is 21.5.